The van der Waals surface area contributed by atoms with E-state index in [0.717, 1.165) is 19.3 Å². The van der Waals surface area contributed by atoms with E-state index in [-0.39, 0.29) is 17.9 Å². The van der Waals surface area contributed by atoms with E-state index in [1.807, 2.05) is 0 Å². The van der Waals surface area contributed by atoms with Crippen LogP contribution in [0.1, 0.15) is 60.0 Å². The summed E-state index contributed by atoms with van der Waals surface area (Å²) in [5.74, 6) is -1.18. The van der Waals surface area contributed by atoms with E-state index in [2.05, 4.69) is 22.2 Å². The lowest BCUT2D eigenvalue weighted by molar-refractivity contribution is -0.00790. The van der Waals surface area contributed by atoms with E-state index in [4.69, 9.17) is 5.11 Å². The molecule has 0 saturated heterocycles. The molecule has 1 aliphatic rings. The number of carbonyl (C=O) groups excluding carboxylic acids is 1. The van der Waals surface area contributed by atoms with Crippen molar-refractivity contribution in [3.63, 3.8) is 0 Å². The summed E-state index contributed by atoms with van der Waals surface area (Å²) in [5, 5.41) is 22.0. The third-order valence-corrected chi connectivity index (χ3v) is 4.26. The molecular formula is C14H21N3O4. The van der Waals surface area contributed by atoms with Crippen LogP contribution in [0.5, 0.6) is 0 Å². The number of aromatic amines is 1. The van der Waals surface area contributed by atoms with Crippen LogP contribution in [0, 0.1) is 5.92 Å². The van der Waals surface area contributed by atoms with Crippen molar-refractivity contribution in [1.82, 2.24) is 15.3 Å². The number of rotatable bonds is 5. The van der Waals surface area contributed by atoms with Crippen LogP contribution in [0.25, 0.3) is 0 Å². The van der Waals surface area contributed by atoms with E-state index < -0.39 is 17.5 Å². The van der Waals surface area contributed by atoms with Gasteiger partial charge >= 0.3 is 5.97 Å². The SMILES string of the molecule is CCC1CCC(O)(CNC(=O)c2nc[nH]c2C(=O)O)CC1. The largest absolute Gasteiger partial charge is 0.477 e. The summed E-state index contributed by atoms with van der Waals surface area (Å²) in [4.78, 5) is 29.0. The molecule has 7 nitrogen and oxygen atoms in total. The van der Waals surface area contributed by atoms with Crippen LogP contribution in [-0.2, 0) is 0 Å². The minimum absolute atomic E-state index is 0.119. The molecule has 1 aliphatic carbocycles. The number of aromatic carboxylic acids is 1. The zero-order valence-electron chi connectivity index (χ0n) is 12.1. The first-order valence-corrected chi connectivity index (χ1v) is 7.22. The number of aromatic nitrogens is 2. The average Bonchev–Trinajstić information content (AvgIpc) is 2.95. The number of hydrogen-bond donors (Lipinski definition) is 4. The van der Waals surface area contributed by atoms with Crippen LogP contribution in [0.4, 0.5) is 0 Å². The molecule has 1 aromatic heterocycles. The van der Waals surface area contributed by atoms with Crippen LogP contribution in [-0.4, -0.2) is 44.2 Å². The molecule has 0 radical (unpaired) electrons. The second-order valence-electron chi connectivity index (χ2n) is 5.69. The quantitative estimate of drug-likeness (QED) is 0.651. The zero-order chi connectivity index (χ0) is 15.5. The van der Waals surface area contributed by atoms with E-state index in [1.165, 1.54) is 6.33 Å². The first-order chi connectivity index (χ1) is 9.95. The summed E-state index contributed by atoms with van der Waals surface area (Å²) >= 11 is 0. The van der Waals surface area contributed by atoms with Gasteiger partial charge in [-0.05, 0) is 31.6 Å². The van der Waals surface area contributed by atoms with Crippen molar-refractivity contribution < 1.29 is 19.8 Å². The van der Waals surface area contributed by atoms with E-state index in [1.54, 1.807) is 0 Å². The summed E-state index contributed by atoms with van der Waals surface area (Å²) < 4.78 is 0. The summed E-state index contributed by atoms with van der Waals surface area (Å²) in [5.41, 5.74) is -1.30. The maximum Gasteiger partial charge on any atom is 0.354 e. The standard InChI is InChI=1S/C14H21N3O4/c1-2-9-3-5-14(21,6-4-9)7-15-12(18)10-11(13(19)20)17-8-16-10/h8-9,21H,2-7H2,1H3,(H,15,18)(H,16,17)(H,19,20). The van der Waals surface area contributed by atoms with Crippen molar-refractivity contribution in [2.45, 2.75) is 44.6 Å². The van der Waals surface area contributed by atoms with Gasteiger partial charge in [0.15, 0.2) is 11.4 Å². The molecule has 1 saturated carbocycles. The highest BCUT2D eigenvalue weighted by Gasteiger charge is 2.33. The summed E-state index contributed by atoms with van der Waals surface area (Å²) in [6, 6.07) is 0. The number of imidazole rings is 1. The van der Waals surface area contributed by atoms with Gasteiger partial charge in [0, 0.05) is 6.54 Å². The highest BCUT2D eigenvalue weighted by molar-refractivity contribution is 6.02. The third-order valence-electron chi connectivity index (χ3n) is 4.26. The number of nitrogens with one attached hydrogen (secondary N) is 2. The molecule has 0 bridgehead atoms. The molecule has 0 aliphatic heterocycles. The average molecular weight is 295 g/mol. The Bertz CT molecular complexity index is 518. The fraction of sp³-hybridized carbons (Fsp3) is 0.643. The normalized spacial score (nSPS) is 25.5. The smallest absolute Gasteiger partial charge is 0.354 e. The molecule has 21 heavy (non-hydrogen) atoms. The van der Waals surface area contributed by atoms with Crippen LogP contribution >= 0.6 is 0 Å². The first kappa shape index (κ1) is 15.5. The Morgan fingerprint density at radius 3 is 2.71 bits per heavy atom. The van der Waals surface area contributed by atoms with Crippen molar-refractivity contribution >= 4 is 11.9 Å². The Balaban J connectivity index is 1.92. The number of carbonyl (C=O) groups is 2. The summed E-state index contributed by atoms with van der Waals surface area (Å²) in [6.07, 6.45) is 5.48. The minimum Gasteiger partial charge on any atom is -0.477 e. The van der Waals surface area contributed by atoms with Crippen molar-refractivity contribution in [2.75, 3.05) is 6.54 Å². The Kier molecular flexibility index (Phi) is 4.62. The van der Waals surface area contributed by atoms with Crippen molar-refractivity contribution in [3.05, 3.63) is 17.7 Å². The molecule has 0 aromatic carbocycles. The number of H-pyrrole nitrogens is 1. The summed E-state index contributed by atoms with van der Waals surface area (Å²) in [6.45, 7) is 2.26. The Hall–Kier alpha value is -1.89. The van der Waals surface area contributed by atoms with Gasteiger partial charge in [-0.2, -0.15) is 0 Å². The maximum atomic E-state index is 12.0. The molecule has 1 aromatic rings. The molecule has 1 fully saturated rings. The lowest BCUT2D eigenvalue weighted by Crippen LogP contribution is -2.45. The number of amides is 1. The fourth-order valence-corrected chi connectivity index (χ4v) is 2.76. The van der Waals surface area contributed by atoms with Crippen molar-refractivity contribution in [3.8, 4) is 0 Å². The van der Waals surface area contributed by atoms with Crippen molar-refractivity contribution in [1.29, 1.82) is 0 Å². The van der Waals surface area contributed by atoms with Crippen LogP contribution in [0.3, 0.4) is 0 Å². The highest BCUT2D eigenvalue weighted by Crippen LogP contribution is 2.33. The molecule has 1 amide bonds. The topological polar surface area (TPSA) is 115 Å². The lowest BCUT2D eigenvalue weighted by Gasteiger charge is -2.35. The van der Waals surface area contributed by atoms with Gasteiger partial charge in [-0.25, -0.2) is 9.78 Å². The number of nitrogens with zero attached hydrogens (tertiary/aromatic N) is 1. The number of aliphatic hydroxyl groups is 1. The molecule has 0 unspecified atom stereocenters. The van der Waals surface area contributed by atoms with Gasteiger partial charge in [-0.15, -0.1) is 0 Å². The highest BCUT2D eigenvalue weighted by atomic mass is 16.4. The van der Waals surface area contributed by atoms with Gasteiger partial charge in [-0.3, -0.25) is 4.79 Å². The fourth-order valence-electron chi connectivity index (χ4n) is 2.76. The second kappa shape index (κ2) is 6.26. The third kappa shape index (κ3) is 3.60. The first-order valence-electron chi connectivity index (χ1n) is 7.22. The minimum atomic E-state index is -1.24. The van der Waals surface area contributed by atoms with Gasteiger partial charge in [0.25, 0.3) is 5.91 Å². The predicted octanol–water partition coefficient (Wildman–Crippen LogP) is 1.17. The molecule has 7 heteroatoms. The maximum absolute atomic E-state index is 12.0. The molecule has 4 N–H and O–H groups in total. The molecule has 1 heterocycles. The molecule has 2 rings (SSSR count). The second-order valence-corrected chi connectivity index (χ2v) is 5.69. The molecule has 0 spiro atoms. The van der Waals surface area contributed by atoms with Gasteiger partial charge in [-0.1, -0.05) is 13.3 Å². The van der Waals surface area contributed by atoms with Crippen LogP contribution in [0.2, 0.25) is 0 Å². The Morgan fingerprint density at radius 2 is 2.14 bits per heavy atom. The Morgan fingerprint density at radius 1 is 1.48 bits per heavy atom. The van der Waals surface area contributed by atoms with Crippen LogP contribution < -0.4 is 5.32 Å². The number of carboxylic acid groups (broad SMARTS) is 1. The summed E-state index contributed by atoms with van der Waals surface area (Å²) in [7, 11) is 0. The molecule has 116 valence electrons. The van der Waals surface area contributed by atoms with E-state index in [0.29, 0.717) is 18.8 Å². The molecular weight excluding hydrogens is 274 g/mol. The molecule has 0 atom stereocenters. The van der Waals surface area contributed by atoms with E-state index >= 15 is 0 Å². The number of carboxylic acids is 1. The van der Waals surface area contributed by atoms with E-state index in [9.17, 15) is 14.7 Å². The Labute approximate surface area is 122 Å². The van der Waals surface area contributed by atoms with Crippen LogP contribution in [0.15, 0.2) is 6.33 Å². The number of hydrogen-bond acceptors (Lipinski definition) is 4. The monoisotopic (exact) mass is 295 g/mol. The zero-order valence-corrected chi connectivity index (χ0v) is 12.1. The van der Waals surface area contributed by atoms with Gasteiger partial charge in [0.05, 0.1) is 11.9 Å². The lowest BCUT2D eigenvalue weighted by atomic mass is 9.78. The van der Waals surface area contributed by atoms with Crippen molar-refractivity contribution in [2.24, 2.45) is 5.92 Å². The van der Waals surface area contributed by atoms with Gasteiger partial charge in [0.2, 0.25) is 0 Å². The van der Waals surface area contributed by atoms with Gasteiger partial charge < -0.3 is 20.5 Å². The predicted molar refractivity (Wildman–Crippen MR) is 75.1 cm³/mol. The van der Waals surface area contributed by atoms with Gasteiger partial charge in [0.1, 0.15) is 0 Å².